The van der Waals surface area contributed by atoms with Crippen molar-refractivity contribution in [1.29, 1.82) is 0 Å². The average molecular weight is 380 g/mol. The van der Waals surface area contributed by atoms with Gasteiger partial charge in [-0.1, -0.05) is 6.92 Å². The fourth-order valence-corrected chi connectivity index (χ4v) is 5.44. The second-order valence-corrected chi connectivity index (χ2v) is 9.35. The molecule has 0 heterocycles. The minimum Gasteiger partial charge on any atom is -0.481 e. The lowest BCUT2D eigenvalue weighted by atomic mass is 9.50. The Labute approximate surface area is 161 Å². The lowest BCUT2D eigenvalue weighted by Gasteiger charge is -2.59. The SMILES string of the molecule is CCC(C)(COC(=O)CCC(=O)O)C(=O)OC1(C)C2CC3CC(C2)CC1C3. The molecule has 1 N–H and O–H groups in total. The number of carboxylic acid groups (broad SMARTS) is 1. The van der Waals surface area contributed by atoms with E-state index in [0.717, 1.165) is 37.5 Å². The molecule has 6 nitrogen and oxygen atoms in total. The second-order valence-electron chi connectivity index (χ2n) is 9.35. The lowest BCUT2D eigenvalue weighted by Crippen LogP contribution is -2.59. The van der Waals surface area contributed by atoms with E-state index >= 15 is 0 Å². The summed E-state index contributed by atoms with van der Waals surface area (Å²) in [5, 5.41) is 8.65. The molecule has 0 radical (unpaired) electrons. The van der Waals surface area contributed by atoms with Gasteiger partial charge in [-0.2, -0.15) is 0 Å². The first kappa shape index (κ1) is 20.2. The number of carbonyl (C=O) groups is 3. The summed E-state index contributed by atoms with van der Waals surface area (Å²) in [4.78, 5) is 35.4. The molecule has 4 rings (SSSR count). The zero-order valence-electron chi connectivity index (χ0n) is 16.7. The van der Waals surface area contributed by atoms with Crippen LogP contribution in [0.1, 0.15) is 72.1 Å². The molecule has 0 aliphatic heterocycles. The van der Waals surface area contributed by atoms with Crippen molar-refractivity contribution in [3.8, 4) is 0 Å². The van der Waals surface area contributed by atoms with Crippen LogP contribution in [0.25, 0.3) is 0 Å². The molecule has 4 bridgehead atoms. The molecule has 1 unspecified atom stereocenters. The van der Waals surface area contributed by atoms with Crippen LogP contribution in [0.5, 0.6) is 0 Å². The Hall–Kier alpha value is -1.59. The number of hydrogen-bond acceptors (Lipinski definition) is 5. The van der Waals surface area contributed by atoms with E-state index in [1.54, 1.807) is 6.92 Å². The number of aliphatic carboxylic acids is 1. The van der Waals surface area contributed by atoms with E-state index in [0.29, 0.717) is 18.3 Å². The molecule has 1 atom stereocenters. The zero-order chi connectivity index (χ0) is 19.8. The number of carbonyl (C=O) groups excluding carboxylic acids is 2. The van der Waals surface area contributed by atoms with Crippen molar-refractivity contribution in [1.82, 2.24) is 0 Å². The molecule has 6 heteroatoms. The first-order valence-corrected chi connectivity index (χ1v) is 10.3. The summed E-state index contributed by atoms with van der Waals surface area (Å²) in [5.74, 6) is 0.545. The summed E-state index contributed by atoms with van der Waals surface area (Å²) in [6, 6.07) is 0. The molecule has 152 valence electrons. The fraction of sp³-hybridized carbons (Fsp3) is 0.857. The Kier molecular flexibility index (Phi) is 5.55. The molecule has 0 saturated heterocycles. The first-order valence-electron chi connectivity index (χ1n) is 10.3. The molecule has 0 spiro atoms. The smallest absolute Gasteiger partial charge is 0.315 e. The highest BCUT2D eigenvalue weighted by atomic mass is 16.6. The third-order valence-corrected chi connectivity index (χ3v) is 7.44. The lowest BCUT2D eigenvalue weighted by molar-refractivity contribution is -0.214. The van der Waals surface area contributed by atoms with E-state index in [4.69, 9.17) is 14.6 Å². The van der Waals surface area contributed by atoms with Crippen LogP contribution in [0, 0.1) is 29.1 Å². The largest absolute Gasteiger partial charge is 0.481 e. The maximum Gasteiger partial charge on any atom is 0.315 e. The third-order valence-electron chi connectivity index (χ3n) is 7.44. The van der Waals surface area contributed by atoms with Gasteiger partial charge in [0.15, 0.2) is 0 Å². The molecule has 27 heavy (non-hydrogen) atoms. The van der Waals surface area contributed by atoms with Crippen molar-refractivity contribution in [2.24, 2.45) is 29.1 Å². The van der Waals surface area contributed by atoms with Gasteiger partial charge in [-0.25, -0.2) is 0 Å². The molecule has 4 aliphatic carbocycles. The highest BCUT2D eigenvalue weighted by molar-refractivity contribution is 5.79. The molecule has 0 aromatic carbocycles. The molecule has 0 aromatic heterocycles. The van der Waals surface area contributed by atoms with Crippen LogP contribution in [0.15, 0.2) is 0 Å². The summed E-state index contributed by atoms with van der Waals surface area (Å²) >= 11 is 0. The van der Waals surface area contributed by atoms with Gasteiger partial charge in [0.1, 0.15) is 12.2 Å². The van der Waals surface area contributed by atoms with Gasteiger partial charge in [-0.15, -0.1) is 0 Å². The summed E-state index contributed by atoms with van der Waals surface area (Å²) in [5.41, 5.74) is -1.31. The molecule has 4 fully saturated rings. The maximum atomic E-state index is 13.1. The fourth-order valence-electron chi connectivity index (χ4n) is 5.44. The van der Waals surface area contributed by atoms with Crippen molar-refractivity contribution in [3.05, 3.63) is 0 Å². The van der Waals surface area contributed by atoms with E-state index < -0.39 is 23.0 Å². The summed E-state index contributed by atoms with van der Waals surface area (Å²) in [6.07, 6.45) is 6.01. The Morgan fingerprint density at radius 3 is 2.07 bits per heavy atom. The van der Waals surface area contributed by atoms with Crippen molar-refractivity contribution >= 4 is 17.9 Å². The highest BCUT2D eigenvalue weighted by Crippen LogP contribution is 2.59. The average Bonchev–Trinajstić information content (AvgIpc) is 2.62. The van der Waals surface area contributed by atoms with Gasteiger partial charge in [0.05, 0.1) is 18.3 Å². The molecule has 4 saturated carbocycles. The van der Waals surface area contributed by atoms with Crippen LogP contribution in [-0.2, 0) is 23.9 Å². The molecule has 0 aromatic rings. The summed E-state index contributed by atoms with van der Waals surface area (Å²) < 4.78 is 11.4. The van der Waals surface area contributed by atoms with Crippen LogP contribution in [-0.4, -0.2) is 35.2 Å². The van der Waals surface area contributed by atoms with E-state index in [1.165, 1.54) is 6.42 Å². The van der Waals surface area contributed by atoms with Gasteiger partial charge in [-0.3, -0.25) is 14.4 Å². The molecule has 4 aliphatic rings. The van der Waals surface area contributed by atoms with Crippen LogP contribution in [0.3, 0.4) is 0 Å². The minimum absolute atomic E-state index is 0.0720. The monoisotopic (exact) mass is 380 g/mol. The van der Waals surface area contributed by atoms with Crippen molar-refractivity contribution < 1.29 is 29.0 Å². The number of rotatable bonds is 8. The first-order chi connectivity index (χ1) is 12.7. The Morgan fingerprint density at radius 1 is 1.04 bits per heavy atom. The predicted octanol–water partition coefficient (Wildman–Crippen LogP) is 3.57. The van der Waals surface area contributed by atoms with Gasteiger partial charge < -0.3 is 14.6 Å². The molecular formula is C21H32O6. The van der Waals surface area contributed by atoms with Crippen LogP contribution < -0.4 is 0 Å². The van der Waals surface area contributed by atoms with Crippen molar-refractivity contribution in [3.63, 3.8) is 0 Å². The minimum atomic E-state index is -1.04. The van der Waals surface area contributed by atoms with E-state index in [1.807, 2.05) is 6.92 Å². The van der Waals surface area contributed by atoms with Crippen LogP contribution in [0.4, 0.5) is 0 Å². The van der Waals surface area contributed by atoms with Crippen molar-refractivity contribution in [2.45, 2.75) is 77.7 Å². The van der Waals surface area contributed by atoms with Gasteiger partial charge >= 0.3 is 17.9 Å². The van der Waals surface area contributed by atoms with Gasteiger partial charge in [0, 0.05) is 0 Å². The topological polar surface area (TPSA) is 89.9 Å². The van der Waals surface area contributed by atoms with E-state index in [2.05, 4.69) is 6.92 Å². The summed E-state index contributed by atoms with van der Waals surface area (Å²) in [7, 11) is 0. The Morgan fingerprint density at radius 2 is 1.59 bits per heavy atom. The predicted molar refractivity (Wildman–Crippen MR) is 97.8 cm³/mol. The van der Waals surface area contributed by atoms with E-state index in [-0.39, 0.29) is 25.4 Å². The second kappa shape index (κ2) is 7.44. The number of esters is 2. The highest BCUT2D eigenvalue weighted by Gasteiger charge is 2.58. The Balaban J connectivity index is 1.61. The van der Waals surface area contributed by atoms with Gasteiger partial charge in [0.25, 0.3) is 0 Å². The van der Waals surface area contributed by atoms with Crippen molar-refractivity contribution in [2.75, 3.05) is 6.61 Å². The van der Waals surface area contributed by atoms with E-state index in [9.17, 15) is 14.4 Å². The standard InChI is InChI=1S/C21H32O6/c1-4-20(2,12-26-18(24)6-5-17(22)23)19(25)27-21(3)15-8-13-7-14(10-15)11-16(21)9-13/h13-16H,4-12H2,1-3H3,(H,22,23). The van der Waals surface area contributed by atoms with Gasteiger partial charge in [0.2, 0.25) is 0 Å². The Bertz CT molecular complexity index is 584. The third kappa shape index (κ3) is 3.99. The normalized spacial score (nSPS) is 36.1. The number of hydrogen-bond donors (Lipinski definition) is 1. The molecular weight excluding hydrogens is 348 g/mol. The number of ether oxygens (including phenoxy) is 2. The van der Waals surface area contributed by atoms with Crippen LogP contribution >= 0.6 is 0 Å². The number of carboxylic acids is 1. The van der Waals surface area contributed by atoms with Crippen LogP contribution in [0.2, 0.25) is 0 Å². The summed E-state index contributed by atoms with van der Waals surface area (Å²) in [6.45, 7) is 5.68. The maximum absolute atomic E-state index is 13.1. The van der Waals surface area contributed by atoms with Gasteiger partial charge in [-0.05, 0) is 76.0 Å². The molecule has 0 amide bonds. The zero-order valence-corrected chi connectivity index (χ0v) is 16.7. The quantitative estimate of drug-likeness (QED) is 0.648.